The Morgan fingerprint density at radius 1 is 1.28 bits per heavy atom. The van der Waals surface area contributed by atoms with Gasteiger partial charge >= 0.3 is 0 Å². The van der Waals surface area contributed by atoms with Crippen LogP contribution in [0.5, 0.6) is 0 Å². The Morgan fingerprint density at radius 2 is 2.11 bits per heavy atom. The van der Waals surface area contributed by atoms with Gasteiger partial charge in [0, 0.05) is 7.05 Å². The van der Waals surface area contributed by atoms with Gasteiger partial charge in [0.1, 0.15) is 0 Å². The van der Waals surface area contributed by atoms with Crippen LogP contribution in [0.2, 0.25) is 0 Å². The topological polar surface area (TPSA) is 68.5 Å². The lowest BCUT2D eigenvalue weighted by atomic mass is 10.4. The Labute approximate surface area is 112 Å². The molecule has 3 rings (SSSR count). The zero-order valence-corrected chi connectivity index (χ0v) is 11.9. The fourth-order valence-corrected chi connectivity index (χ4v) is 3.23. The Morgan fingerprint density at radius 3 is 2.78 bits per heavy atom. The summed E-state index contributed by atoms with van der Waals surface area (Å²) in [4.78, 5) is 5.68. The number of nitrogens with zero attached hydrogens (tertiary/aromatic N) is 5. The SMILES string of the molecule is Cc1nnsc1CNc1nc2c(s1)c(C)nn2C. The second kappa shape index (κ2) is 4.29. The number of rotatable bonds is 3. The molecule has 0 radical (unpaired) electrons. The first-order valence-corrected chi connectivity index (χ1v) is 7.06. The lowest BCUT2D eigenvalue weighted by molar-refractivity contribution is 0.774. The van der Waals surface area contributed by atoms with Gasteiger partial charge in [0.05, 0.1) is 27.5 Å². The summed E-state index contributed by atoms with van der Waals surface area (Å²) in [6.07, 6.45) is 0. The van der Waals surface area contributed by atoms with Crippen molar-refractivity contribution in [1.82, 2.24) is 24.4 Å². The van der Waals surface area contributed by atoms with Crippen molar-refractivity contribution in [2.24, 2.45) is 7.05 Å². The van der Waals surface area contributed by atoms with Crippen molar-refractivity contribution in [3.05, 3.63) is 16.3 Å². The van der Waals surface area contributed by atoms with Gasteiger partial charge in [-0.1, -0.05) is 15.8 Å². The van der Waals surface area contributed by atoms with E-state index in [1.165, 1.54) is 11.5 Å². The quantitative estimate of drug-likeness (QED) is 0.796. The molecule has 3 heterocycles. The molecule has 0 aliphatic heterocycles. The van der Waals surface area contributed by atoms with Crippen LogP contribution < -0.4 is 5.32 Å². The molecule has 6 nitrogen and oxygen atoms in total. The van der Waals surface area contributed by atoms with Crippen LogP contribution in [-0.4, -0.2) is 24.4 Å². The molecule has 0 aliphatic rings. The van der Waals surface area contributed by atoms with Crippen LogP contribution in [0.15, 0.2) is 0 Å². The van der Waals surface area contributed by atoms with Gasteiger partial charge in [-0.3, -0.25) is 0 Å². The predicted octanol–water partition coefficient (Wildman–Crippen LogP) is 2.11. The monoisotopic (exact) mass is 280 g/mol. The fourth-order valence-electron chi connectivity index (χ4n) is 1.73. The summed E-state index contributed by atoms with van der Waals surface area (Å²) in [6.45, 7) is 4.68. The molecule has 0 aromatic carbocycles. The van der Waals surface area contributed by atoms with Crippen molar-refractivity contribution in [3.63, 3.8) is 0 Å². The summed E-state index contributed by atoms with van der Waals surface area (Å²) in [7, 11) is 1.91. The molecule has 0 aliphatic carbocycles. The average Bonchev–Trinajstić information content (AvgIpc) is 2.97. The first-order chi connectivity index (χ1) is 8.65. The van der Waals surface area contributed by atoms with Gasteiger partial charge in [0.15, 0.2) is 10.8 Å². The van der Waals surface area contributed by atoms with E-state index in [0.717, 1.165) is 38.3 Å². The summed E-state index contributed by atoms with van der Waals surface area (Å²) in [5.74, 6) is 0. The summed E-state index contributed by atoms with van der Waals surface area (Å²) in [6, 6.07) is 0. The first-order valence-electron chi connectivity index (χ1n) is 5.47. The molecule has 8 heteroatoms. The maximum atomic E-state index is 4.53. The molecule has 0 amide bonds. The highest BCUT2D eigenvalue weighted by Crippen LogP contribution is 2.28. The zero-order chi connectivity index (χ0) is 12.7. The van der Waals surface area contributed by atoms with E-state index in [9.17, 15) is 0 Å². The van der Waals surface area contributed by atoms with Crippen molar-refractivity contribution in [2.45, 2.75) is 20.4 Å². The smallest absolute Gasteiger partial charge is 0.185 e. The maximum absolute atomic E-state index is 4.53. The van der Waals surface area contributed by atoms with Gasteiger partial charge < -0.3 is 5.32 Å². The summed E-state index contributed by atoms with van der Waals surface area (Å²) < 4.78 is 6.86. The molecule has 3 aromatic heterocycles. The molecule has 0 spiro atoms. The highest BCUT2D eigenvalue weighted by molar-refractivity contribution is 7.22. The maximum Gasteiger partial charge on any atom is 0.185 e. The molecule has 0 bridgehead atoms. The molecule has 3 aromatic rings. The summed E-state index contributed by atoms with van der Waals surface area (Å²) in [5.41, 5.74) is 2.93. The fraction of sp³-hybridized carbons (Fsp3) is 0.400. The van der Waals surface area contributed by atoms with E-state index in [2.05, 4.69) is 25.0 Å². The number of thiazole rings is 1. The lowest BCUT2D eigenvalue weighted by Gasteiger charge is -1.99. The Balaban J connectivity index is 1.83. The standard InChI is InChI=1S/C10H12N6S2/c1-5-7(18-15-13-5)4-11-10-12-9-8(17-10)6(2)14-16(9)3/h4H2,1-3H3,(H,11,12). The minimum Gasteiger partial charge on any atom is -0.356 e. The van der Waals surface area contributed by atoms with E-state index in [1.54, 1.807) is 11.3 Å². The van der Waals surface area contributed by atoms with Crippen molar-refractivity contribution >= 4 is 38.3 Å². The second-order valence-electron chi connectivity index (χ2n) is 4.02. The average molecular weight is 280 g/mol. The number of hydrogen-bond donors (Lipinski definition) is 1. The molecule has 0 unspecified atom stereocenters. The largest absolute Gasteiger partial charge is 0.356 e. The predicted molar refractivity (Wildman–Crippen MR) is 73.1 cm³/mol. The van der Waals surface area contributed by atoms with E-state index < -0.39 is 0 Å². The molecular weight excluding hydrogens is 268 g/mol. The summed E-state index contributed by atoms with van der Waals surface area (Å²) >= 11 is 3.05. The molecule has 0 atom stereocenters. The highest BCUT2D eigenvalue weighted by Gasteiger charge is 2.12. The van der Waals surface area contributed by atoms with Crippen molar-refractivity contribution in [3.8, 4) is 0 Å². The Hall–Kier alpha value is -1.54. The molecule has 0 saturated heterocycles. The van der Waals surface area contributed by atoms with E-state index in [4.69, 9.17) is 0 Å². The van der Waals surface area contributed by atoms with Crippen LogP contribution in [0.25, 0.3) is 10.3 Å². The third-order valence-corrected chi connectivity index (χ3v) is 4.62. The molecule has 18 heavy (non-hydrogen) atoms. The van der Waals surface area contributed by atoms with Crippen molar-refractivity contribution in [2.75, 3.05) is 5.32 Å². The molecule has 0 fully saturated rings. The molecular formula is C10H12N6S2. The van der Waals surface area contributed by atoms with Crippen molar-refractivity contribution in [1.29, 1.82) is 0 Å². The third kappa shape index (κ3) is 1.87. The van der Waals surface area contributed by atoms with Crippen LogP contribution >= 0.6 is 22.9 Å². The number of fused-ring (bicyclic) bond motifs is 1. The highest BCUT2D eigenvalue weighted by atomic mass is 32.1. The van der Waals surface area contributed by atoms with E-state index >= 15 is 0 Å². The lowest BCUT2D eigenvalue weighted by Crippen LogP contribution is -1.99. The van der Waals surface area contributed by atoms with Gasteiger partial charge in [-0.2, -0.15) is 5.10 Å². The van der Waals surface area contributed by atoms with Crippen molar-refractivity contribution < 1.29 is 0 Å². The minimum absolute atomic E-state index is 0.718. The normalized spacial score (nSPS) is 11.3. The second-order valence-corrected chi connectivity index (χ2v) is 5.85. The number of hydrogen-bond acceptors (Lipinski definition) is 7. The Bertz CT molecular complexity index is 660. The van der Waals surface area contributed by atoms with Crippen LogP contribution in [0.1, 0.15) is 16.3 Å². The van der Waals surface area contributed by atoms with Crippen LogP contribution in [0.4, 0.5) is 5.13 Å². The number of anilines is 1. The van der Waals surface area contributed by atoms with Gasteiger partial charge in [0.25, 0.3) is 0 Å². The van der Waals surface area contributed by atoms with Crippen LogP contribution in [0, 0.1) is 13.8 Å². The van der Waals surface area contributed by atoms with Gasteiger partial charge in [-0.15, -0.1) is 5.10 Å². The summed E-state index contributed by atoms with van der Waals surface area (Å²) in [5, 5.41) is 12.5. The van der Waals surface area contributed by atoms with Crippen LogP contribution in [0.3, 0.4) is 0 Å². The van der Waals surface area contributed by atoms with Crippen LogP contribution in [-0.2, 0) is 13.6 Å². The minimum atomic E-state index is 0.718. The Kier molecular flexibility index (Phi) is 2.75. The number of nitrogens with one attached hydrogen (secondary N) is 1. The molecule has 0 saturated carbocycles. The van der Waals surface area contributed by atoms with E-state index in [1.807, 2.05) is 25.6 Å². The van der Waals surface area contributed by atoms with E-state index in [-0.39, 0.29) is 0 Å². The molecule has 1 N–H and O–H groups in total. The van der Waals surface area contributed by atoms with E-state index in [0.29, 0.717) is 0 Å². The van der Waals surface area contributed by atoms with Gasteiger partial charge in [-0.05, 0) is 25.4 Å². The van der Waals surface area contributed by atoms with Gasteiger partial charge in [-0.25, -0.2) is 9.67 Å². The first kappa shape index (κ1) is 11.5. The van der Waals surface area contributed by atoms with Gasteiger partial charge in [0.2, 0.25) is 0 Å². The zero-order valence-electron chi connectivity index (χ0n) is 10.3. The number of aryl methyl sites for hydroxylation is 3. The molecule has 94 valence electrons. The third-order valence-electron chi connectivity index (χ3n) is 2.69. The number of aromatic nitrogens is 5.